The fourth-order valence-electron chi connectivity index (χ4n) is 2.11. The van der Waals surface area contributed by atoms with Crippen molar-refractivity contribution in [3.8, 4) is 0 Å². The van der Waals surface area contributed by atoms with Crippen molar-refractivity contribution in [2.24, 2.45) is 5.92 Å². The van der Waals surface area contributed by atoms with E-state index in [0.29, 0.717) is 18.5 Å². The van der Waals surface area contributed by atoms with Crippen molar-refractivity contribution in [2.45, 2.75) is 33.4 Å². The summed E-state index contributed by atoms with van der Waals surface area (Å²) in [6, 6.07) is 12.8. The van der Waals surface area contributed by atoms with Gasteiger partial charge in [-0.05, 0) is 18.4 Å². The Morgan fingerprint density at radius 2 is 1.94 bits per heavy atom. The van der Waals surface area contributed by atoms with E-state index in [1.165, 1.54) is 5.56 Å². The molecule has 1 heterocycles. The summed E-state index contributed by atoms with van der Waals surface area (Å²) in [5, 5.41) is 7.43. The second kappa shape index (κ2) is 5.83. The smallest absolute Gasteiger partial charge is 0.150 e. The monoisotopic (exact) mass is 244 g/mol. The quantitative estimate of drug-likeness (QED) is 0.875. The summed E-state index contributed by atoms with van der Waals surface area (Å²) in [7, 11) is 0. The van der Waals surface area contributed by atoms with Crippen LogP contribution >= 0.6 is 0 Å². The van der Waals surface area contributed by atoms with Crippen LogP contribution in [0.5, 0.6) is 0 Å². The fourth-order valence-corrected chi connectivity index (χ4v) is 2.11. The SMILES string of the molecule is Cc1cc(CNC(c2ccccc2)C(C)C)on1. The first-order valence-corrected chi connectivity index (χ1v) is 6.37. The van der Waals surface area contributed by atoms with Crippen LogP contribution < -0.4 is 5.32 Å². The van der Waals surface area contributed by atoms with Gasteiger partial charge < -0.3 is 9.84 Å². The van der Waals surface area contributed by atoms with Crippen LogP contribution in [0.2, 0.25) is 0 Å². The summed E-state index contributed by atoms with van der Waals surface area (Å²) in [5.41, 5.74) is 2.23. The minimum atomic E-state index is 0.330. The van der Waals surface area contributed by atoms with Gasteiger partial charge >= 0.3 is 0 Å². The molecule has 1 aromatic heterocycles. The zero-order valence-electron chi connectivity index (χ0n) is 11.2. The molecule has 18 heavy (non-hydrogen) atoms. The topological polar surface area (TPSA) is 38.1 Å². The van der Waals surface area contributed by atoms with Crippen LogP contribution in [-0.4, -0.2) is 5.16 Å². The molecule has 2 rings (SSSR count). The van der Waals surface area contributed by atoms with E-state index < -0.39 is 0 Å². The predicted molar refractivity (Wildman–Crippen MR) is 72.1 cm³/mol. The summed E-state index contributed by atoms with van der Waals surface area (Å²) >= 11 is 0. The Labute approximate surface area is 108 Å². The highest BCUT2D eigenvalue weighted by Gasteiger charge is 2.15. The molecule has 0 saturated carbocycles. The number of rotatable bonds is 5. The van der Waals surface area contributed by atoms with Gasteiger partial charge in [-0.1, -0.05) is 49.3 Å². The van der Waals surface area contributed by atoms with E-state index in [4.69, 9.17) is 4.52 Å². The summed E-state index contributed by atoms with van der Waals surface area (Å²) < 4.78 is 5.22. The molecule has 1 atom stereocenters. The van der Waals surface area contributed by atoms with Gasteiger partial charge in [-0.2, -0.15) is 0 Å². The van der Waals surface area contributed by atoms with E-state index in [-0.39, 0.29) is 0 Å². The normalized spacial score (nSPS) is 12.9. The molecule has 0 radical (unpaired) electrons. The van der Waals surface area contributed by atoms with E-state index in [9.17, 15) is 0 Å². The van der Waals surface area contributed by atoms with Crippen LogP contribution in [0.1, 0.15) is 36.9 Å². The van der Waals surface area contributed by atoms with E-state index in [1.54, 1.807) is 0 Å². The molecule has 1 N–H and O–H groups in total. The van der Waals surface area contributed by atoms with Crippen LogP contribution in [0.3, 0.4) is 0 Å². The van der Waals surface area contributed by atoms with Gasteiger partial charge in [-0.25, -0.2) is 0 Å². The fraction of sp³-hybridized carbons (Fsp3) is 0.400. The average Bonchev–Trinajstić information content (AvgIpc) is 2.76. The Morgan fingerprint density at radius 1 is 1.22 bits per heavy atom. The maximum atomic E-state index is 5.22. The first kappa shape index (κ1) is 12.8. The number of hydrogen-bond donors (Lipinski definition) is 1. The lowest BCUT2D eigenvalue weighted by molar-refractivity contribution is 0.341. The number of nitrogens with one attached hydrogen (secondary N) is 1. The maximum Gasteiger partial charge on any atom is 0.150 e. The number of benzene rings is 1. The van der Waals surface area contributed by atoms with Crippen molar-refractivity contribution >= 4 is 0 Å². The molecule has 0 fully saturated rings. The average molecular weight is 244 g/mol. The van der Waals surface area contributed by atoms with Crippen molar-refractivity contribution in [1.82, 2.24) is 10.5 Å². The highest BCUT2D eigenvalue weighted by Crippen LogP contribution is 2.21. The molecule has 0 aliphatic carbocycles. The summed E-state index contributed by atoms with van der Waals surface area (Å²) in [5.74, 6) is 1.41. The molecular weight excluding hydrogens is 224 g/mol. The van der Waals surface area contributed by atoms with Crippen LogP contribution in [0.15, 0.2) is 40.9 Å². The Hall–Kier alpha value is -1.61. The van der Waals surface area contributed by atoms with Gasteiger partial charge in [0.25, 0.3) is 0 Å². The van der Waals surface area contributed by atoms with Crippen LogP contribution in [0.4, 0.5) is 0 Å². The first-order chi connectivity index (χ1) is 8.66. The van der Waals surface area contributed by atoms with Crippen LogP contribution in [0, 0.1) is 12.8 Å². The van der Waals surface area contributed by atoms with Crippen LogP contribution in [0.25, 0.3) is 0 Å². The molecule has 0 spiro atoms. The third-order valence-corrected chi connectivity index (χ3v) is 3.00. The molecule has 0 bridgehead atoms. The molecule has 3 heteroatoms. The Balaban J connectivity index is 2.03. The van der Waals surface area contributed by atoms with Crippen LogP contribution in [-0.2, 0) is 6.54 Å². The molecule has 0 saturated heterocycles. The van der Waals surface area contributed by atoms with Crippen molar-refractivity contribution in [3.63, 3.8) is 0 Å². The second-order valence-electron chi connectivity index (χ2n) is 4.95. The van der Waals surface area contributed by atoms with Gasteiger partial charge in [0.05, 0.1) is 12.2 Å². The molecule has 1 unspecified atom stereocenters. The zero-order valence-corrected chi connectivity index (χ0v) is 11.2. The number of aryl methyl sites for hydroxylation is 1. The van der Waals surface area contributed by atoms with E-state index >= 15 is 0 Å². The minimum absolute atomic E-state index is 0.330. The second-order valence-corrected chi connectivity index (χ2v) is 4.95. The minimum Gasteiger partial charge on any atom is -0.360 e. The number of nitrogens with zero attached hydrogens (tertiary/aromatic N) is 1. The molecule has 3 nitrogen and oxygen atoms in total. The highest BCUT2D eigenvalue weighted by atomic mass is 16.5. The highest BCUT2D eigenvalue weighted by molar-refractivity contribution is 5.19. The van der Waals surface area contributed by atoms with Crippen molar-refractivity contribution in [3.05, 3.63) is 53.4 Å². The van der Waals surface area contributed by atoms with Gasteiger partial charge in [-0.3, -0.25) is 0 Å². The van der Waals surface area contributed by atoms with E-state index in [0.717, 1.165) is 11.5 Å². The van der Waals surface area contributed by atoms with Crippen molar-refractivity contribution in [2.75, 3.05) is 0 Å². The predicted octanol–water partition coefficient (Wildman–Crippen LogP) is 3.47. The van der Waals surface area contributed by atoms with Gasteiger partial charge in [0.15, 0.2) is 5.76 Å². The Bertz CT molecular complexity index is 476. The number of hydrogen-bond acceptors (Lipinski definition) is 3. The Kier molecular flexibility index (Phi) is 4.15. The first-order valence-electron chi connectivity index (χ1n) is 6.37. The molecule has 96 valence electrons. The van der Waals surface area contributed by atoms with Gasteiger partial charge in [0.1, 0.15) is 0 Å². The van der Waals surface area contributed by atoms with Crippen molar-refractivity contribution < 1.29 is 4.52 Å². The summed E-state index contributed by atoms with van der Waals surface area (Å²) in [4.78, 5) is 0. The maximum absolute atomic E-state index is 5.22. The lowest BCUT2D eigenvalue weighted by Crippen LogP contribution is -2.25. The van der Waals surface area contributed by atoms with Gasteiger partial charge in [0.2, 0.25) is 0 Å². The largest absolute Gasteiger partial charge is 0.360 e. The third kappa shape index (κ3) is 3.20. The van der Waals surface area contributed by atoms with Gasteiger partial charge in [0, 0.05) is 12.1 Å². The van der Waals surface area contributed by atoms with E-state index in [2.05, 4.69) is 48.6 Å². The Morgan fingerprint density at radius 3 is 2.50 bits per heavy atom. The molecule has 0 aliphatic rings. The standard InChI is InChI=1S/C15H20N2O/c1-11(2)15(13-7-5-4-6-8-13)16-10-14-9-12(3)17-18-14/h4-9,11,15-16H,10H2,1-3H3. The molecule has 0 amide bonds. The summed E-state index contributed by atoms with van der Waals surface area (Å²) in [6.45, 7) is 7.08. The molecule has 0 aliphatic heterocycles. The molecule has 1 aromatic carbocycles. The lowest BCUT2D eigenvalue weighted by atomic mass is 9.96. The third-order valence-electron chi connectivity index (χ3n) is 3.00. The number of aromatic nitrogens is 1. The van der Waals surface area contributed by atoms with Crippen molar-refractivity contribution in [1.29, 1.82) is 0 Å². The zero-order chi connectivity index (χ0) is 13.0. The lowest BCUT2D eigenvalue weighted by Gasteiger charge is -2.22. The van der Waals surface area contributed by atoms with E-state index in [1.807, 2.05) is 19.1 Å². The summed E-state index contributed by atoms with van der Waals surface area (Å²) in [6.07, 6.45) is 0. The van der Waals surface area contributed by atoms with Gasteiger partial charge in [-0.15, -0.1) is 0 Å². The molecular formula is C15H20N2O. The molecule has 2 aromatic rings.